The van der Waals surface area contributed by atoms with Crippen LogP contribution in [0.15, 0.2) is 53.0 Å². The molecule has 0 aromatic heterocycles. The van der Waals surface area contributed by atoms with Gasteiger partial charge in [-0.05, 0) is 23.8 Å². The number of carboxylic acids is 1. The van der Waals surface area contributed by atoms with E-state index in [1.165, 1.54) is 0 Å². The lowest BCUT2D eigenvalue weighted by atomic mass is 10.1. The quantitative estimate of drug-likeness (QED) is 0.932. The number of nitrogens with zero attached hydrogens (tertiary/aromatic N) is 1. The minimum absolute atomic E-state index is 0.317. The summed E-state index contributed by atoms with van der Waals surface area (Å²) in [6, 6.07) is 14.9. The zero-order chi connectivity index (χ0) is 13.8. The molecule has 0 unspecified atom stereocenters. The number of halogens is 1. The molecule has 2 rings (SSSR count). The van der Waals surface area contributed by atoms with Crippen molar-refractivity contribution in [2.75, 3.05) is 11.9 Å². The normalized spacial score (nSPS) is 10.2. The molecule has 0 aliphatic carbocycles. The fourth-order valence-corrected chi connectivity index (χ4v) is 2.36. The molecule has 1 N–H and O–H groups in total. The Morgan fingerprint density at radius 3 is 2.47 bits per heavy atom. The smallest absolute Gasteiger partial charge is 0.337 e. The molecule has 98 valence electrons. The van der Waals surface area contributed by atoms with Crippen molar-refractivity contribution in [2.24, 2.45) is 0 Å². The van der Waals surface area contributed by atoms with Gasteiger partial charge in [-0.25, -0.2) is 4.79 Å². The molecule has 0 saturated heterocycles. The van der Waals surface area contributed by atoms with Crippen LogP contribution in [0.4, 0.5) is 5.69 Å². The summed E-state index contributed by atoms with van der Waals surface area (Å²) in [7, 11) is 1.89. The predicted octanol–water partition coefficient (Wildman–Crippen LogP) is 3.78. The monoisotopic (exact) mass is 319 g/mol. The maximum Gasteiger partial charge on any atom is 0.337 e. The number of hydrogen-bond donors (Lipinski definition) is 1. The fourth-order valence-electron chi connectivity index (χ4n) is 1.95. The van der Waals surface area contributed by atoms with Crippen LogP contribution in [0.25, 0.3) is 0 Å². The summed E-state index contributed by atoms with van der Waals surface area (Å²) < 4.78 is 1.02. The second kappa shape index (κ2) is 5.89. The van der Waals surface area contributed by atoms with Crippen LogP contribution in [-0.4, -0.2) is 18.1 Å². The van der Waals surface area contributed by atoms with Crippen molar-refractivity contribution in [3.8, 4) is 0 Å². The molecular formula is C15H14BrNO2. The molecule has 0 aliphatic rings. The first-order chi connectivity index (χ1) is 9.09. The Morgan fingerprint density at radius 2 is 1.79 bits per heavy atom. The Kier molecular flexibility index (Phi) is 4.22. The lowest BCUT2D eigenvalue weighted by molar-refractivity contribution is 0.0697. The summed E-state index contributed by atoms with van der Waals surface area (Å²) in [4.78, 5) is 13.1. The van der Waals surface area contributed by atoms with Crippen LogP contribution >= 0.6 is 15.9 Å². The van der Waals surface area contributed by atoms with Gasteiger partial charge in [0.25, 0.3) is 0 Å². The molecule has 0 amide bonds. The summed E-state index contributed by atoms with van der Waals surface area (Å²) in [5.74, 6) is -0.908. The van der Waals surface area contributed by atoms with Gasteiger partial charge < -0.3 is 10.0 Å². The van der Waals surface area contributed by atoms with Crippen LogP contribution in [0.5, 0.6) is 0 Å². The van der Waals surface area contributed by atoms with Crippen molar-refractivity contribution in [3.05, 3.63) is 64.1 Å². The molecule has 0 radical (unpaired) electrons. The number of anilines is 1. The third-order valence-electron chi connectivity index (χ3n) is 2.91. The van der Waals surface area contributed by atoms with Gasteiger partial charge in [0, 0.05) is 18.1 Å². The highest BCUT2D eigenvalue weighted by atomic mass is 79.9. The van der Waals surface area contributed by atoms with Gasteiger partial charge in [-0.3, -0.25) is 0 Å². The molecule has 3 nitrogen and oxygen atoms in total. The predicted molar refractivity (Wildman–Crippen MR) is 79.7 cm³/mol. The van der Waals surface area contributed by atoms with Crippen LogP contribution in [0.1, 0.15) is 15.9 Å². The Morgan fingerprint density at radius 1 is 1.16 bits per heavy atom. The first kappa shape index (κ1) is 13.6. The van der Waals surface area contributed by atoms with Crippen molar-refractivity contribution in [2.45, 2.75) is 6.54 Å². The summed E-state index contributed by atoms with van der Waals surface area (Å²) in [5.41, 5.74) is 2.15. The highest BCUT2D eigenvalue weighted by Gasteiger charge is 2.13. The third-order valence-corrected chi connectivity index (χ3v) is 3.68. The SMILES string of the molecule is CN(Cc1ccccc1Br)c1ccccc1C(=O)O. The van der Waals surface area contributed by atoms with E-state index in [9.17, 15) is 9.90 Å². The molecule has 2 aromatic rings. The topological polar surface area (TPSA) is 40.5 Å². The Labute approximate surface area is 120 Å². The molecule has 0 atom stereocenters. The first-order valence-corrected chi connectivity index (χ1v) is 6.66. The van der Waals surface area contributed by atoms with E-state index in [0.717, 1.165) is 10.0 Å². The van der Waals surface area contributed by atoms with E-state index in [1.54, 1.807) is 12.1 Å². The van der Waals surface area contributed by atoms with Crippen LogP contribution in [0.3, 0.4) is 0 Å². The van der Waals surface area contributed by atoms with Gasteiger partial charge in [0.05, 0.1) is 11.3 Å². The summed E-state index contributed by atoms with van der Waals surface area (Å²) in [6.45, 7) is 0.645. The molecule has 2 aromatic carbocycles. The molecule has 0 saturated carbocycles. The summed E-state index contributed by atoms with van der Waals surface area (Å²) in [5, 5.41) is 9.20. The van der Waals surface area contributed by atoms with Gasteiger partial charge >= 0.3 is 5.97 Å². The van der Waals surface area contributed by atoms with Crippen molar-refractivity contribution in [1.29, 1.82) is 0 Å². The Balaban J connectivity index is 2.28. The maximum atomic E-state index is 11.2. The minimum atomic E-state index is -0.908. The summed E-state index contributed by atoms with van der Waals surface area (Å²) >= 11 is 3.50. The number of carbonyl (C=O) groups is 1. The molecule has 0 fully saturated rings. The average molecular weight is 320 g/mol. The maximum absolute atomic E-state index is 11.2. The van der Waals surface area contributed by atoms with Crippen LogP contribution < -0.4 is 4.90 Å². The highest BCUT2D eigenvalue weighted by Crippen LogP contribution is 2.23. The molecule has 0 aliphatic heterocycles. The van der Waals surface area contributed by atoms with Crippen molar-refractivity contribution in [1.82, 2.24) is 0 Å². The van der Waals surface area contributed by atoms with Crippen LogP contribution in [0, 0.1) is 0 Å². The molecule has 0 spiro atoms. The third kappa shape index (κ3) is 3.15. The highest BCUT2D eigenvalue weighted by molar-refractivity contribution is 9.10. The van der Waals surface area contributed by atoms with Gasteiger partial charge in [-0.1, -0.05) is 46.3 Å². The van der Waals surface area contributed by atoms with Gasteiger partial charge in [-0.15, -0.1) is 0 Å². The van der Waals surface area contributed by atoms with Crippen molar-refractivity contribution >= 4 is 27.6 Å². The minimum Gasteiger partial charge on any atom is -0.478 e. The molecule has 0 heterocycles. The van der Waals surface area contributed by atoms with Crippen molar-refractivity contribution < 1.29 is 9.90 Å². The number of rotatable bonds is 4. The second-order valence-electron chi connectivity index (χ2n) is 4.27. The zero-order valence-corrected chi connectivity index (χ0v) is 12.1. The number of benzene rings is 2. The second-order valence-corrected chi connectivity index (χ2v) is 5.12. The van der Waals surface area contributed by atoms with Gasteiger partial charge in [0.15, 0.2) is 0 Å². The zero-order valence-electron chi connectivity index (χ0n) is 10.5. The van der Waals surface area contributed by atoms with E-state index < -0.39 is 5.97 Å². The lowest BCUT2D eigenvalue weighted by Crippen LogP contribution is -2.19. The molecule has 19 heavy (non-hydrogen) atoms. The van der Waals surface area contributed by atoms with E-state index in [2.05, 4.69) is 15.9 Å². The Hall–Kier alpha value is -1.81. The average Bonchev–Trinajstić information content (AvgIpc) is 2.41. The van der Waals surface area contributed by atoms with E-state index in [1.807, 2.05) is 48.3 Å². The lowest BCUT2D eigenvalue weighted by Gasteiger charge is -2.21. The van der Waals surface area contributed by atoms with Gasteiger partial charge in [0.1, 0.15) is 0 Å². The fraction of sp³-hybridized carbons (Fsp3) is 0.133. The van der Waals surface area contributed by atoms with Gasteiger partial charge in [-0.2, -0.15) is 0 Å². The Bertz CT molecular complexity index is 598. The number of para-hydroxylation sites is 1. The van der Waals surface area contributed by atoms with E-state index >= 15 is 0 Å². The molecule has 4 heteroatoms. The standard InChI is InChI=1S/C15H14BrNO2/c1-17(10-11-6-2-4-8-13(11)16)14-9-5-3-7-12(14)15(18)19/h2-9H,10H2,1H3,(H,18,19). The van der Waals surface area contributed by atoms with Crippen LogP contribution in [-0.2, 0) is 6.54 Å². The van der Waals surface area contributed by atoms with E-state index in [4.69, 9.17) is 0 Å². The van der Waals surface area contributed by atoms with Crippen LogP contribution in [0.2, 0.25) is 0 Å². The number of carboxylic acid groups (broad SMARTS) is 1. The number of hydrogen-bond acceptors (Lipinski definition) is 2. The summed E-state index contributed by atoms with van der Waals surface area (Å²) in [6.07, 6.45) is 0. The van der Waals surface area contributed by atoms with E-state index in [0.29, 0.717) is 17.8 Å². The largest absolute Gasteiger partial charge is 0.478 e. The number of aromatic carboxylic acids is 1. The van der Waals surface area contributed by atoms with Crippen molar-refractivity contribution in [3.63, 3.8) is 0 Å². The molecule has 0 bridgehead atoms. The first-order valence-electron chi connectivity index (χ1n) is 5.86. The van der Waals surface area contributed by atoms with Gasteiger partial charge in [0.2, 0.25) is 0 Å². The van der Waals surface area contributed by atoms with E-state index in [-0.39, 0.29) is 0 Å². The molecular weight excluding hydrogens is 306 g/mol.